The Morgan fingerprint density at radius 3 is 2.81 bits per heavy atom. The molecule has 3 aliphatic rings. The summed E-state index contributed by atoms with van der Waals surface area (Å²) in [5.41, 5.74) is 3.23. The predicted octanol–water partition coefficient (Wildman–Crippen LogP) is 2.04. The average Bonchev–Trinajstić information content (AvgIpc) is 3.27. The zero-order chi connectivity index (χ0) is 24.9. The zero-order valence-electron chi connectivity index (χ0n) is 21.1. The lowest BCUT2D eigenvalue weighted by molar-refractivity contribution is 0.0501. The van der Waals surface area contributed by atoms with Crippen LogP contribution in [0.15, 0.2) is 42.5 Å². The number of hydrogen-bond donors (Lipinski definition) is 1. The highest BCUT2D eigenvalue weighted by Crippen LogP contribution is 2.30. The Hall–Kier alpha value is -2.65. The van der Waals surface area contributed by atoms with Gasteiger partial charge in [0.05, 0.1) is 24.8 Å². The number of nitrogens with zero attached hydrogens (tertiary/aromatic N) is 3. The minimum atomic E-state index is -0.619. The Morgan fingerprint density at radius 2 is 1.94 bits per heavy atom. The molecule has 1 saturated heterocycles. The van der Waals surface area contributed by atoms with E-state index in [1.165, 1.54) is 11.1 Å². The predicted molar refractivity (Wildman–Crippen MR) is 137 cm³/mol. The summed E-state index contributed by atoms with van der Waals surface area (Å²) >= 11 is 0. The first-order chi connectivity index (χ1) is 17.6. The second kappa shape index (κ2) is 11.6. The SMILES string of the molecule is COCCN1CC[C@@H](Oc2ccc3c(c2)OCCN(C[C@H](O)CN2CCc4ccccc4C2)C3=O)C1. The molecule has 1 amide bonds. The van der Waals surface area contributed by atoms with Crippen LogP contribution in [-0.2, 0) is 17.7 Å². The molecule has 5 rings (SSSR count). The molecule has 0 bridgehead atoms. The summed E-state index contributed by atoms with van der Waals surface area (Å²) in [5.74, 6) is 1.17. The van der Waals surface area contributed by atoms with E-state index >= 15 is 0 Å². The summed E-state index contributed by atoms with van der Waals surface area (Å²) in [7, 11) is 1.72. The van der Waals surface area contributed by atoms with Gasteiger partial charge in [-0.3, -0.25) is 14.6 Å². The van der Waals surface area contributed by atoms with E-state index in [4.69, 9.17) is 14.2 Å². The van der Waals surface area contributed by atoms with Gasteiger partial charge in [-0.15, -0.1) is 0 Å². The molecule has 0 unspecified atom stereocenters. The number of amides is 1. The van der Waals surface area contributed by atoms with Gasteiger partial charge < -0.3 is 24.2 Å². The topological polar surface area (TPSA) is 74.7 Å². The summed E-state index contributed by atoms with van der Waals surface area (Å²) in [5, 5.41) is 10.8. The molecule has 1 N–H and O–H groups in total. The number of benzene rings is 2. The van der Waals surface area contributed by atoms with Crippen molar-refractivity contribution in [3.63, 3.8) is 0 Å². The van der Waals surface area contributed by atoms with E-state index in [-0.39, 0.29) is 18.6 Å². The normalized spacial score (nSPS) is 21.4. The average molecular weight is 496 g/mol. The Balaban J connectivity index is 1.16. The van der Waals surface area contributed by atoms with Gasteiger partial charge in [-0.25, -0.2) is 0 Å². The maximum Gasteiger partial charge on any atom is 0.257 e. The van der Waals surface area contributed by atoms with Crippen LogP contribution < -0.4 is 9.47 Å². The Kier molecular flexibility index (Phi) is 8.06. The van der Waals surface area contributed by atoms with Crippen LogP contribution in [0.3, 0.4) is 0 Å². The molecule has 3 heterocycles. The van der Waals surface area contributed by atoms with Crippen molar-refractivity contribution in [1.29, 1.82) is 0 Å². The summed E-state index contributed by atoms with van der Waals surface area (Å²) < 4.78 is 17.3. The fourth-order valence-electron chi connectivity index (χ4n) is 5.41. The highest BCUT2D eigenvalue weighted by Gasteiger charge is 2.28. The number of aliphatic hydroxyl groups excluding tert-OH is 1. The maximum absolute atomic E-state index is 13.3. The van der Waals surface area contributed by atoms with Crippen molar-refractivity contribution in [2.24, 2.45) is 0 Å². The fraction of sp³-hybridized carbons (Fsp3) is 0.536. The Bertz CT molecular complexity index is 1050. The van der Waals surface area contributed by atoms with E-state index in [2.05, 4.69) is 34.1 Å². The van der Waals surface area contributed by atoms with Crippen molar-refractivity contribution in [2.45, 2.75) is 31.6 Å². The molecule has 2 aromatic carbocycles. The highest BCUT2D eigenvalue weighted by atomic mass is 16.5. The van der Waals surface area contributed by atoms with E-state index < -0.39 is 6.10 Å². The van der Waals surface area contributed by atoms with Crippen LogP contribution in [0.5, 0.6) is 11.5 Å². The molecular formula is C28H37N3O5. The Morgan fingerprint density at radius 1 is 1.08 bits per heavy atom. The molecule has 2 aromatic rings. The molecule has 0 radical (unpaired) electrons. The van der Waals surface area contributed by atoms with E-state index in [1.54, 1.807) is 18.1 Å². The van der Waals surface area contributed by atoms with Gasteiger partial charge in [0.1, 0.15) is 24.2 Å². The second-order valence-electron chi connectivity index (χ2n) is 9.99. The van der Waals surface area contributed by atoms with Crippen LogP contribution in [0.1, 0.15) is 27.9 Å². The third kappa shape index (κ3) is 6.00. The van der Waals surface area contributed by atoms with Crippen LogP contribution >= 0.6 is 0 Å². The number of fused-ring (bicyclic) bond motifs is 2. The summed E-state index contributed by atoms with van der Waals surface area (Å²) in [4.78, 5) is 19.6. The van der Waals surface area contributed by atoms with Gasteiger partial charge in [-0.1, -0.05) is 24.3 Å². The van der Waals surface area contributed by atoms with Gasteiger partial charge in [0.15, 0.2) is 0 Å². The molecule has 36 heavy (non-hydrogen) atoms. The second-order valence-corrected chi connectivity index (χ2v) is 9.99. The van der Waals surface area contributed by atoms with Gasteiger partial charge in [0.25, 0.3) is 5.91 Å². The van der Waals surface area contributed by atoms with Crippen LogP contribution in [-0.4, -0.2) is 104 Å². The molecule has 8 heteroatoms. The number of ether oxygens (including phenoxy) is 3. The smallest absolute Gasteiger partial charge is 0.257 e. The molecule has 1 fully saturated rings. The third-order valence-corrected chi connectivity index (χ3v) is 7.34. The first kappa shape index (κ1) is 25.0. The number of β-amino-alcohol motifs (C(OH)–C–C–N with tert-alkyl or cyclic N) is 1. The minimum Gasteiger partial charge on any atom is -0.491 e. The number of likely N-dealkylation sites (tertiary alicyclic amines) is 1. The summed E-state index contributed by atoms with van der Waals surface area (Å²) in [6.45, 7) is 6.91. The first-order valence-electron chi connectivity index (χ1n) is 13.0. The highest BCUT2D eigenvalue weighted by molar-refractivity contribution is 5.97. The number of methoxy groups -OCH3 is 1. The zero-order valence-corrected chi connectivity index (χ0v) is 21.1. The lowest BCUT2D eigenvalue weighted by Crippen LogP contribution is -2.44. The number of carbonyl (C=O) groups is 1. The van der Waals surface area contributed by atoms with Crippen LogP contribution in [0.2, 0.25) is 0 Å². The molecule has 0 spiro atoms. The van der Waals surface area contributed by atoms with Crippen molar-refractivity contribution in [1.82, 2.24) is 14.7 Å². The molecular weight excluding hydrogens is 458 g/mol. The standard InChI is InChI=1S/C28H37N3O5/c1-34-14-12-29-11-9-25(20-29)36-24-6-7-26-27(16-24)35-15-13-31(28(26)33)19-23(32)18-30-10-8-21-4-2-3-5-22(21)17-30/h2-7,16,23,25,32H,8-15,17-20H2,1H3/t23-,25-/m1/s1. The molecule has 0 saturated carbocycles. The van der Waals surface area contributed by atoms with Gasteiger partial charge in [-0.2, -0.15) is 0 Å². The fourth-order valence-corrected chi connectivity index (χ4v) is 5.41. The van der Waals surface area contributed by atoms with Crippen molar-refractivity contribution in [3.8, 4) is 11.5 Å². The maximum atomic E-state index is 13.3. The third-order valence-electron chi connectivity index (χ3n) is 7.34. The Labute approximate surface area is 213 Å². The van der Waals surface area contributed by atoms with Crippen molar-refractivity contribution < 1.29 is 24.1 Å². The minimum absolute atomic E-state index is 0.108. The van der Waals surface area contributed by atoms with Crippen LogP contribution in [0, 0.1) is 0 Å². The van der Waals surface area contributed by atoms with Crippen molar-refractivity contribution >= 4 is 5.91 Å². The molecule has 0 aromatic heterocycles. The van der Waals surface area contributed by atoms with Crippen LogP contribution in [0.4, 0.5) is 0 Å². The lowest BCUT2D eigenvalue weighted by Gasteiger charge is -2.32. The van der Waals surface area contributed by atoms with Crippen molar-refractivity contribution in [3.05, 3.63) is 59.2 Å². The van der Waals surface area contributed by atoms with Gasteiger partial charge in [0, 0.05) is 59.0 Å². The molecule has 2 atom stereocenters. The quantitative estimate of drug-likeness (QED) is 0.571. The van der Waals surface area contributed by atoms with Gasteiger partial charge >= 0.3 is 0 Å². The van der Waals surface area contributed by atoms with E-state index in [0.717, 1.165) is 57.9 Å². The molecule has 8 nitrogen and oxygen atoms in total. The van der Waals surface area contributed by atoms with E-state index in [1.807, 2.05) is 12.1 Å². The molecule has 0 aliphatic carbocycles. The van der Waals surface area contributed by atoms with E-state index in [0.29, 0.717) is 31.0 Å². The summed E-state index contributed by atoms with van der Waals surface area (Å²) in [6.07, 6.45) is 1.46. The number of hydrogen-bond acceptors (Lipinski definition) is 7. The largest absolute Gasteiger partial charge is 0.491 e. The lowest BCUT2D eigenvalue weighted by atomic mass is 10.00. The number of aliphatic hydroxyl groups is 1. The van der Waals surface area contributed by atoms with E-state index in [9.17, 15) is 9.90 Å². The van der Waals surface area contributed by atoms with Gasteiger partial charge in [0.2, 0.25) is 0 Å². The number of carbonyl (C=O) groups excluding carboxylic acids is 1. The van der Waals surface area contributed by atoms with Gasteiger partial charge in [-0.05, 0) is 36.1 Å². The molecule has 194 valence electrons. The van der Waals surface area contributed by atoms with Crippen molar-refractivity contribution in [2.75, 3.05) is 66.1 Å². The molecule has 3 aliphatic heterocycles. The van der Waals surface area contributed by atoms with Crippen LogP contribution in [0.25, 0.3) is 0 Å². The monoisotopic (exact) mass is 495 g/mol. The summed E-state index contributed by atoms with van der Waals surface area (Å²) in [6, 6.07) is 13.9. The first-order valence-corrected chi connectivity index (χ1v) is 13.0. The number of rotatable bonds is 9.